The van der Waals surface area contributed by atoms with Crippen molar-refractivity contribution in [1.29, 1.82) is 0 Å². The summed E-state index contributed by atoms with van der Waals surface area (Å²) in [6, 6.07) is 8.24. The van der Waals surface area contributed by atoms with Gasteiger partial charge in [0.25, 0.3) is 0 Å². The lowest BCUT2D eigenvalue weighted by atomic mass is 10.1. The lowest BCUT2D eigenvalue weighted by Crippen LogP contribution is -2.11. The molecule has 20 heavy (non-hydrogen) atoms. The van der Waals surface area contributed by atoms with Crippen molar-refractivity contribution < 1.29 is 9.53 Å². The predicted octanol–water partition coefficient (Wildman–Crippen LogP) is 2.78. The summed E-state index contributed by atoms with van der Waals surface area (Å²) in [5.41, 5.74) is 3.28. The van der Waals surface area contributed by atoms with Gasteiger partial charge in [0, 0.05) is 42.9 Å². The molecule has 0 bridgehead atoms. The minimum Gasteiger partial charge on any atom is -0.377 e. The van der Waals surface area contributed by atoms with E-state index in [1.165, 1.54) is 18.1 Å². The first-order valence-electron chi connectivity index (χ1n) is 6.76. The van der Waals surface area contributed by atoms with E-state index in [4.69, 9.17) is 4.74 Å². The lowest BCUT2D eigenvalue weighted by Gasteiger charge is -2.01. The number of hydrogen-bond donors (Lipinski definition) is 1. The first-order chi connectivity index (χ1) is 9.70. The van der Waals surface area contributed by atoms with Gasteiger partial charge in [-0.2, -0.15) is 0 Å². The number of aromatic nitrogens is 1. The van der Waals surface area contributed by atoms with E-state index in [0.29, 0.717) is 13.0 Å². The second-order valence-electron chi connectivity index (χ2n) is 4.87. The second-order valence-corrected chi connectivity index (χ2v) is 4.87. The number of aromatic amines is 1. The maximum atomic E-state index is 11.4. The van der Waals surface area contributed by atoms with Crippen LogP contribution < -0.4 is 0 Å². The lowest BCUT2D eigenvalue weighted by molar-refractivity contribution is -0.121. The number of carbonyl (C=O) groups excluding carboxylic acids is 1. The minimum atomic E-state index is 0.0702. The van der Waals surface area contributed by atoms with E-state index < -0.39 is 0 Å². The topological polar surface area (TPSA) is 54.4 Å². The van der Waals surface area contributed by atoms with Crippen LogP contribution in [-0.4, -0.2) is 36.7 Å². The molecule has 0 atom stereocenters. The summed E-state index contributed by atoms with van der Waals surface area (Å²) in [5, 5.41) is 1.25. The molecule has 1 N–H and O–H groups in total. The van der Waals surface area contributed by atoms with Gasteiger partial charge in [0.1, 0.15) is 6.61 Å². The zero-order valence-electron chi connectivity index (χ0n) is 12.0. The van der Waals surface area contributed by atoms with Crippen molar-refractivity contribution in [2.24, 2.45) is 4.99 Å². The molecule has 2 rings (SSSR count). The number of fused-ring (bicyclic) bond motifs is 1. The van der Waals surface area contributed by atoms with Gasteiger partial charge in [0.05, 0.1) is 0 Å². The van der Waals surface area contributed by atoms with Crippen LogP contribution in [0.3, 0.4) is 0 Å². The Bertz CT molecular complexity index is 614. The Morgan fingerprint density at radius 3 is 2.95 bits per heavy atom. The number of hydrogen-bond acceptors (Lipinski definition) is 3. The third-order valence-corrected chi connectivity index (χ3v) is 3.20. The number of aliphatic imine (C=N–C) groups is 1. The summed E-state index contributed by atoms with van der Waals surface area (Å²) in [7, 11) is 1.53. The third-order valence-electron chi connectivity index (χ3n) is 3.20. The van der Waals surface area contributed by atoms with Crippen LogP contribution >= 0.6 is 0 Å². The van der Waals surface area contributed by atoms with Gasteiger partial charge < -0.3 is 9.72 Å². The van der Waals surface area contributed by atoms with Gasteiger partial charge in [-0.1, -0.05) is 18.2 Å². The molecule has 4 heteroatoms. The molecular weight excluding hydrogens is 252 g/mol. The van der Waals surface area contributed by atoms with E-state index in [1.54, 1.807) is 0 Å². The van der Waals surface area contributed by atoms with Gasteiger partial charge in [-0.15, -0.1) is 0 Å². The summed E-state index contributed by atoms with van der Waals surface area (Å²) < 4.78 is 4.81. The molecule has 0 unspecified atom stereocenters. The molecule has 0 aliphatic carbocycles. The van der Waals surface area contributed by atoms with Crippen LogP contribution in [0.1, 0.15) is 18.9 Å². The van der Waals surface area contributed by atoms with Gasteiger partial charge >= 0.3 is 0 Å². The van der Waals surface area contributed by atoms with Gasteiger partial charge in [-0.25, -0.2) is 0 Å². The van der Waals surface area contributed by atoms with Gasteiger partial charge in [0.2, 0.25) is 0 Å². The summed E-state index contributed by atoms with van der Waals surface area (Å²) in [5.74, 6) is 0.0702. The molecule has 1 heterocycles. The highest BCUT2D eigenvalue weighted by Gasteiger charge is 2.04. The highest BCUT2D eigenvalue weighted by Crippen LogP contribution is 2.17. The highest BCUT2D eigenvalue weighted by atomic mass is 16.5. The predicted molar refractivity (Wildman–Crippen MR) is 81.5 cm³/mol. The molecule has 0 spiro atoms. The van der Waals surface area contributed by atoms with Crippen molar-refractivity contribution >= 4 is 22.4 Å². The monoisotopic (exact) mass is 272 g/mol. The standard InChI is InChI=1S/C16H20N2O2/c1-12(9-14(19)11-20-2)17-8-7-13-10-18-16-6-4-3-5-15(13)16/h3-6,10,18H,7-9,11H2,1-2H3. The number of H-pyrrole nitrogens is 1. The fourth-order valence-electron chi connectivity index (χ4n) is 2.26. The molecular formula is C16H20N2O2. The second kappa shape index (κ2) is 7.01. The number of carbonyl (C=O) groups is 1. The van der Waals surface area contributed by atoms with Crippen LogP contribution in [0.5, 0.6) is 0 Å². The van der Waals surface area contributed by atoms with Crippen LogP contribution in [0.4, 0.5) is 0 Å². The van der Waals surface area contributed by atoms with Gasteiger partial charge in [0.15, 0.2) is 5.78 Å². The smallest absolute Gasteiger partial charge is 0.164 e. The van der Waals surface area contributed by atoms with Crippen LogP contribution in [0.2, 0.25) is 0 Å². The Balaban J connectivity index is 1.90. The highest BCUT2D eigenvalue weighted by molar-refractivity contribution is 6.01. The molecule has 0 saturated carbocycles. The van der Waals surface area contributed by atoms with Crippen molar-refractivity contribution in [2.45, 2.75) is 19.8 Å². The Labute approximate surface area is 118 Å². The van der Waals surface area contributed by atoms with E-state index in [-0.39, 0.29) is 12.4 Å². The Hall–Kier alpha value is -1.94. The zero-order valence-corrected chi connectivity index (χ0v) is 12.0. The molecule has 0 fully saturated rings. The molecule has 0 amide bonds. The van der Waals surface area contributed by atoms with Crippen molar-refractivity contribution in [3.63, 3.8) is 0 Å². The molecule has 0 aliphatic heterocycles. The summed E-state index contributed by atoms with van der Waals surface area (Å²) in [6.45, 7) is 2.76. The van der Waals surface area contributed by atoms with Crippen molar-refractivity contribution in [2.75, 3.05) is 20.3 Å². The van der Waals surface area contributed by atoms with Crippen LogP contribution in [0.15, 0.2) is 35.5 Å². The maximum absolute atomic E-state index is 11.4. The average Bonchev–Trinajstić information content (AvgIpc) is 2.82. The quantitative estimate of drug-likeness (QED) is 0.788. The molecule has 0 saturated heterocycles. The van der Waals surface area contributed by atoms with Gasteiger partial charge in [-0.3, -0.25) is 9.79 Å². The fraction of sp³-hybridized carbons (Fsp3) is 0.375. The molecule has 1 aromatic heterocycles. The van der Waals surface area contributed by atoms with E-state index >= 15 is 0 Å². The van der Waals surface area contributed by atoms with E-state index in [9.17, 15) is 4.79 Å². The summed E-state index contributed by atoms with van der Waals surface area (Å²) in [4.78, 5) is 19.1. The Kier molecular flexibility index (Phi) is 5.07. The van der Waals surface area contributed by atoms with Gasteiger partial charge in [-0.05, 0) is 25.0 Å². The molecule has 1 aromatic carbocycles. The minimum absolute atomic E-state index is 0.0702. The Morgan fingerprint density at radius 1 is 1.35 bits per heavy atom. The van der Waals surface area contributed by atoms with Crippen LogP contribution in [0, 0.1) is 0 Å². The number of rotatable bonds is 7. The number of methoxy groups -OCH3 is 1. The summed E-state index contributed by atoms with van der Waals surface area (Å²) >= 11 is 0. The van der Waals surface area contributed by atoms with Crippen molar-refractivity contribution in [3.8, 4) is 0 Å². The fourth-order valence-corrected chi connectivity index (χ4v) is 2.26. The largest absolute Gasteiger partial charge is 0.377 e. The number of benzene rings is 1. The van der Waals surface area contributed by atoms with Crippen molar-refractivity contribution in [1.82, 2.24) is 4.98 Å². The normalized spacial score (nSPS) is 12.0. The molecule has 0 radical (unpaired) electrons. The zero-order chi connectivity index (χ0) is 14.4. The molecule has 4 nitrogen and oxygen atoms in total. The molecule has 106 valence electrons. The molecule has 0 aliphatic rings. The maximum Gasteiger partial charge on any atom is 0.164 e. The van der Waals surface area contributed by atoms with Crippen LogP contribution in [0.25, 0.3) is 10.9 Å². The summed E-state index contributed by atoms with van der Waals surface area (Å²) in [6.07, 6.45) is 3.28. The van der Waals surface area contributed by atoms with E-state index in [1.807, 2.05) is 25.3 Å². The number of nitrogens with zero attached hydrogens (tertiary/aromatic N) is 1. The first kappa shape index (κ1) is 14.5. The number of ketones is 1. The van der Waals surface area contributed by atoms with Crippen molar-refractivity contribution in [3.05, 3.63) is 36.0 Å². The number of Topliss-reactive ketones (excluding diaryl/α,β-unsaturated/α-hetero) is 1. The third kappa shape index (κ3) is 3.78. The first-order valence-corrected chi connectivity index (χ1v) is 6.76. The number of ether oxygens (including phenoxy) is 1. The van der Waals surface area contributed by atoms with E-state index in [0.717, 1.165) is 17.6 Å². The molecule has 2 aromatic rings. The SMILES string of the molecule is COCC(=O)CC(C)=NCCc1c[nH]c2ccccc12. The Morgan fingerprint density at radius 2 is 2.15 bits per heavy atom. The average molecular weight is 272 g/mol. The number of nitrogens with one attached hydrogen (secondary N) is 1. The van der Waals surface area contributed by atoms with E-state index in [2.05, 4.69) is 22.1 Å². The number of para-hydroxylation sites is 1. The van der Waals surface area contributed by atoms with Crippen LogP contribution in [-0.2, 0) is 16.0 Å².